The number of hydrogen-bond acceptors (Lipinski definition) is 5. The minimum atomic E-state index is 0. The molecule has 182 valence electrons. The molecule has 0 bridgehead atoms. The topological polar surface area (TPSA) is 84.4 Å². The largest absolute Gasteiger partial charge is 0.491 e. The number of halogens is 1. The second-order valence-corrected chi connectivity index (χ2v) is 7.77. The number of carbonyl (C=O) groups excluding carboxylic acids is 1. The fraction of sp³-hybridized carbons (Fsp3) is 0.652. The van der Waals surface area contributed by atoms with Gasteiger partial charge in [-0.1, -0.05) is 0 Å². The van der Waals surface area contributed by atoms with E-state index >= 15 is 0 Å². The van der Waals surface area contributed by atoms with Gasteiger partial charge in [0.25, 0.3) is 0 Å². The molecule has 1 aliphatic heterocycles. The highest BCUT2D eigenvalue weighted by atomic mass is 127. The summed E-state index contributed by atoms with van der Waals surface area (Å²) < 4.78 is 16.2. The number of nitrogens with one attached hydrogen (secondary N) is 2. The third-order valence-corrected chi connectivity index (χ3v) is 4.71. The Morgan fingerprint density at radius 2 is 1.94 bits per heavy atom. The number of hydrogen-bond donors (Lipinski definition) is 2. The average Bonchev–Trinajstić information content (AvgIpc) is 3.16. The minimum absolute atomic E-state index is 0. The molecule has 0 spiro atoms. The molecule has 0 atom stereocenters. The first-order chi connectivity index (χ1) is 15.1. The number of carbonyl (C=O) groups is 1. The van der Waals surface area contributed by atoms with Crippen LogP contribution in [-0.2, 0) is 14.3 Å². The summed E-state index contributed by atoms with van der Waals surface area (Å²) in [5, 5.41) is 6.71. The fourth-order valence-electron chi connectivity index (χ4n) is 3.18. The van der Waals surface area contributed by atoms with Gasteiger partial charge in [0.2, 0.25) is 5.91 Å². The normalized spacial score (nSPS) is 13.9. The number of nitrogens with zero attached hydrogens (tertiary/aromatic N) is 2. The van der Waals surface area contributed by atoms with E-state index in [0.717, 1.165) is 56.3 Å². The van der Waals surface area contributed by atoms with Crippen LogP contribution in [0.1, 0.15) is 39.5 Å². The molecule has 1 fully saturated rings. The van der Waals surface area contributed by atoms with E-state index in [1.54, 1.807) is 7.11 Å². The Labute approximate surface area is 209 Å². The number of aliphatic imine (C=N–C) groups is 1. The smallest absolute Gasteiger partial charge is 0.222 e. The van der Waals surface area contributed by atoms with Gasteiger partial charge >= 0.3 is 0 Å². The number of amides is 1. The van der Waals surface area contributed by atoms with Gasteiger partial charge in [-0.05, 0) is 57.4 Å². The van der Waals surface area contributed by atoms with Crippen molar-refractivity contribution in [3.05, 3.63) is 24.3 Å². The van der Waals surface area contributed by atoms with E-state index in [-0.39, 0.29) is 36.0 Å². The van der Waals surface area contributed by atoms with Crippen LogP contribution in [0.4, 0.5) is 5.69 Å². The van der Waals surface area contributed by atoms with Crippen LogP contribution in [0, 0.1) is 0 Å². The van der Waals surface area contributed by atoms with E-state index in [0.29, 0.717) is 32.8 Å². The van der Waals surface area contributed by atoms with Crippen molar-refractivity contribution < 1.29 is 19.0 Å². The number of ether oxygens (including phenoxy) is 3. The van der Waals surface area contributed by atoms with Crippen LogP contribution in [0.25, 0.3) is 0 Å². The monoisotopic (exact) mass is 562 g/mol. The molecule has 0 aromatic heterocycles. The maximum absolute atomic E-state index is 11.7. The number of benzene rings is 1. The van der Waals surface area contributed by atoms with Crippen molar-refractivity contribution in [2.45, 2.75) is 45.6 Å². The first-order valence-corrected chi connectivity index (χ1v) is 11.2. The molecule has 2 rings (SSSR count). The van der Waals surface area contributed by atoms with E-state index in [9.17, 15) is 4.79 Å². The van der Waals surface area contributed by atoms with E-state index in [1.807, 2.05) is 43.0 Å². The van der Waals surface area contributed by atoms with Crippen molar-refractivity contribution in [2.75, 3.05) is 58.4 Å². The summed E-state index contributed by atoms with van der Waals surface area (Å²) in [6.07, 6.45) is 3.51. The average molecular weight is 562 g/mol. The van der Waals surface area contributed by atoms with E-state index in [1.165, 1.54) is 0 Å². The maximum Gasteiger partial charge on any atom is 0.222 e. The van der Waals surface area contributed by atoms with Crippen molar-refractivity contribution >= 4 is 41.5 Å². The molecule has 1 amide bonds. The maximum atomic E-state index is 11.7. The minimum Gasteiger partial charge on any atom is -0.491 e. The predicted molar refractivity (Wildman–Crippen MR) is 139 cm³/mol. The van der Waals surface area contributed by atoms with Gasteiger partial charge in [0.15, 0.2) is 5.96 Å². The van der Waals surface area contributed by atoms with Crippen LogP contribution in [-0.4, -0.2) is 76.0 Å². The van der Waals surface area contributed by atoms with Crippen molar-refractivity contribution in [3.8, 4) is 5.75 Å². The van der Waals surface area contributed by atoms with Gasteiger partial charge in [-0.25, -0.2) is 0 Å². The molecular formula is C23H39IN4O4. The van der Waals surface area contributed by atoms with E-state index < -0.39 is 0 Å². The van der Waals surface area contributed by atoms with Crippen LogP contribution in [0.2, 0.25) is 0 Å². The summed E-state index contributed by atoms with van der Waals surface area (Å²) in [5.41, 5.74) is 0.938. The third kappa shape index (κ3) is 11.9. The number of methoxy groups -OCH3 is 1. The molecule has 1 aliphatic rings. The Hall–Kier alpha value is -1.59. The highest BCUT2D eigenvalue weighted by Gasteiger charge is 2.18. The zero-order chi connectivity index (χ0) is 22.3. The van der Waals surface area contributed by atoms with Crippen LogP contribution in [0.15, 0.2) is 29.3 Å². The second-order valence-electron chi connectivity index (χ2n) is 7.77. The number of likely N-dealkylation sites (tertiary alicyclic amines) is 1. The van der Waals surface area contributed by atoms with Crippen molar-refractivity contribution in [3.63, 3.8) is 0 Å². The molecular weight excluding hydrogens is 523 g/mol. The molecule has 1 aromatic carbocycles. The lowest BCUT2D eigenvalue weighted by Gasteiger charge is -2.16. The van der Waals surface area contributed by atoms with Gasteiger partial charge in [0, 0.05) is 52.0 Å². The second kappa shape index (κ2) is 17.0. The molecule has 0 saturated carbocycles. The summed E-state index contributed by atoms with van der Waals surface area (Å²) in [4.78, 5) is 18.4. The van der Waals surface area contributed by atoms with Gasteiger partial charge in [-0.2, -0.15) is 0 Å². The lowest BCUT2D eigenvalue weighted by molar-refractivity contribution is -0.127. The van der Waals surface area contributed by atoms with Gasteiger partial charge < -0.3 is 29.7 Å². The molecule has 0 aliphatic carbocycles. The Morgan fingerprint density at radius 3 is 2.59 bits per heavy atom. The Bertz CT molecular complexity index is 670. The molecule has 32 heavy (non-hydrogen) atoms. The van der Waals surface area contributed by atoms with Gasteiger partial charge in [0.05, 0.1) is 19.3 Å². The van der Waals surface area contributed by atoms with Crippen molar-refractivity contribution in [1.29, 1.82) is 0 Å². The quantitative estimate of drug-likeness (QED) is 0.156. The molecule has 1 aromatic rings. The summed E-state index contributed by atoms with van der Waals surface area (Å²) in [7, 11) is 1.67. The summed E-state index contributed by atoms with van der Waals surface area (Å²) >= 11 is 0. The van der Waals surface area contributed by atoms with Crippen LogP contribution in [0.5, 0.6) is 5.75 Å². The molecule has 9 heteroatoms. The third-order valence-electron chi connectivity index (χ3n) is 4.71. The molecule has 0 radical (unpaired) electrons. The van der Waals surface area contributed by atoms with Gasteiger partial charge in [0.1, 0.15) is 5.75 Å². The number of guanidine groups is 1. The lowest BCUT2D eigenvalue weighted by Crippen LogP contribution is -2.32. The highest BCUT2D eigenvalue weighted by Crippen LogP contribution is 2.17. The van der Waals surface area contributed by atoms with E-state index in [2.05, 4.69) is 15.6 Å². The lowest BCUT2D eigenvalue weighted by atomic mass is 10.3. The SMILES string of the molecule is COCCOCCCNC(=NCCCN1CCCC1=O)Nc1ccc(OC(C)C)cc1.I. The first kappa shape index (κ1) is 28.4. The number of anilines is 1. The van der Waals surface area contributed by atoms with Gasteiger partial charge in [-0.3, -0.25) is 9.79 Å². The van der Waals surface area contributed by atoms with Crippen LogP contribution in [0.3, 0.4) is 0 Å². The first-order valence-electron chi connectivity index (χ1n) is 11.2. The van der Waals surface area contributed by atoms with Crippen LogP contribution >= 0.6 is 24.0 Å². The number of rotatable bonds is 14. The Balaban J connectivity index is 0.00000512. The Morgan fingerprint density at radius 1 is 1.16 bits per heavy atom. The van der Waals surface area contributed by atoms with Gasteiger partial charge in [-0.15, -0.1) is 24.0 Å². The highest BCUT2D eigenvalue weighted by molar-refractivity contribution is 14.0. The zero-order valence-electron chi connectivity index (χ0n) is 19.6. The molecule has 8 nitrogen and oxygen atoms in total. The molecule has 1 saturated heterocycles. The predicted octanol–water partition coefficient (Wildman–Crippen LogP) is 3.51. The van der Waals surface area contributed by atoms with Crippen molar-refractivity contribution in [2.24, 2.45) is 4.99 Å². The van der Waals surface area contributed by atoms with Crippen LogP contribution < -0.4 is 15.4 Å². The van der Waals surface area contributed by atoms with Crippen molar-refractivity contribution in [1.82, 2.24) is 10.2 Å². The van der Waals surface area contributed by atoms with E-state index in [4.69, 9.17) is 14.2 Å². The Kier molecular flexibility index (Phi) is 15.1. The zero-order valence-corrected chi connectivity index (χ0v) is 21.9. The summed E-state index contributed by atoms with van der Waals surface area (Å²) in [6.45, 7) is 8.94. The molecule has 2 N–H and O–H groups in total. The summed E-state index contributed by atoms with van der Waals surface area (Å²) in [6, 6.07) is 7.85. The fourth-order valence-corrected chi connectivity index (χ4v) is 3.18. The summed E-state index contributed by atoms with van der Waals surface area (Å²) in [5.74, 6) is 1.83. The molecule has 1 heterocycles. The molecule has 0 unspecified atom stereocenters. The standard InChI is InChI=1S/C23H38N4O4.HI/c1-19(2)31-21-10-8-20(9-11-21)26-23(25-13-6-16-30-18-17-29-3)24-12-5-15-27-14-4-7-22(27)28;/h8-11,19H,4-7,12-18H2,1-3H3,(H2,24,25,26);1H.